The molecule has 3 saturated heterocycles. The van der Waals surface area contributed by atoms with Crippen molar-refractivity contribution >= 4 is 17.5 Å². The topological polar surface area (TPSA) is 56.8 Å². The molecule has 0 radical (unpaired) electrons. The predicted molar refractivity (Wildman–Crippen MR) is 91.2 cm³/mol. The van der Waals surface area contributed by atoms with Gasteiger partial charge < -0.3 is 0 Å². The lowest BCUT2D eigenvalue weighted by molar-refractivity contribution is -0.126. The number of fused-ring (bicyclic) bond motifs is 3. The van der Waals surface area contributed by atoms with E-state index >= 15 is 0 Å². The number of hydrogen-bond donors (Lipinski definition) is 0. The summed E-state index contributed by atoms with van der Waals surface area (Å²) in [5, 5.41) is 4.20. The lowest BCUT2D eigenvalue weighted by atomic mass is 9.90. The average molecular weight is 352 g/mol. The molecule has 3 atom stereocenters. The molecule has 3 aliphatic rings. The second-order valence-corrected chi connectivity index (χ2v) is 6.86. The molecule has 0 bridgehead atoms. The van der Waals surface area contributed by atoms with Crippen LogP contribution in [0.25, 0.3) is 0 Å². The fourth-order valence-corrected chi connectivity index (χ4v) is 4.52. The summed E-state index contributed by atoms with van der Waals surface area (Å²) in [5.74, 6) is -1.30. The molecular weight excluding hydrogens is 335 g/mol. The Morgan fingerprint density at radius 1 is 0.885 bits per heavy atom. The van der Waals surface area contributed by atoms with Gasteiger partial charge in [0.15, 0.2) is 0 Å². The highest BCUT2D eigenvalue weighted by atomic mass is 19.1. The smallest absolute Gasteiger partial charge is 0.253 e. The van der Waals surface area contributed by atoms with E-state index in [1.807, 2.05) is 17.1 Å². The number of rotatable bonds is 2. The molecule has 0 saturated carbocycles. The number of amides is 2. The van der Waals surface area contributed by atoms with E-state index in [4.69, 9.17) is 0 Å². The molecule has 5 rings (SSSR count). The van der Waals surface area contributed by atoms with Crippen LogP contribution in [0.15, 0.2) is 48.8 Å². The molecule has 2 amide bonds. The summed E-state index contributed by atoms with van der Waals surface area (Å²) in [6, 6.07) is 8.65. The quantitative estimate of drug-likeness (QED) is 0.771. The summed E-state index contributed by atoms with van der Waals surface area (Å²) in [7, 11) is 0. The number of aromatic nitrogens is 1. The summed E-state index contributed by atoms with van der Waals surface area (Å²) in [6.07, 6.45) is 4.38. The molecule has 3 fully saturated rings. The number of hydrogen-bond acceptors (Lipinski definition) is 5. The Morgan fingerprint density at radius 2 is 1.54 bits per heavy atom. The van der Waals surface area contributed by atoms with Gasteiger partial charge in [-0.1, -0.05) is 0 Å². The van der Waals surface area contributed by atoms with Crippen LogP contribution in [0.5, 0.6) is 0 Å². The highest BCUT2D eigenvalue weighted by Gasteiger charge is 2.62. The molecule has 0 spiro atoms. The molecule has 3 aliphatic heterocycles. The number of carbonyl (C=O) groups excluding carboxylic acids is 2. The van der Waals surface area contributed by atoms with Crippen molar-refractivity contribution in [3.63, 3.8) is 0 Å². The third-order valence-electron chi connectivity index (χ3n) is 5.54. The van der Waals surface area contributed by atoms with Crippen LogP contribution in [0, 0.1) is 11.7 Å². The second-order valence-electron chi connectivity index (χ2n) is 6.86. The van der Waals surface area contributed by atoms with Crippen LogP contribution in [0.3, 0.4) is 0 Å². The van der Waals surface area contributed by atoms with Gasteiger partial charge in [-0.2, -0.15) is 0 Å². The van der Waals surface area contributed by atoms with Gasteiger partial charge in [0, 0.05) is 25.5 Å². The summed E-state index contributed by atoms with van der Waals surface area (Å²) in [6.45, 7) is 1.59. The summed E-state index contributed by atoms with van der Waals surface area (Å²) >= 11 is 0. The second kappa shape index (κ2) is 5.69. The normalized spacial score (nSPS) is 28.7. The number of pyridine rings is 1. The van der Waals surface area contributed by atoms with Crippen LogP contribution in [-0.2, 0) is 9.59 Å². The monoisotopic (exact) mass is 352 g/mol. The van der Waals surface area contributed by atoms with E-state index in [0.717, 1.165) is 25.1 Å². The number of halogens is 1. The first-order valence-corrected chi connectivity index (χ1v) is 8.73. The van der Waals surface area contributed by atoms with E-state index in [2.05, 4.69) is 9.99 Å². The minimum Gasteiger partial charge on any atom is -0.274 e. The van der Waals surface area contributed by atoms with Crippen molar-refractivity contribution < 1.29 is 14.0 Å². The van der Waals surface area contributed by atoms with Crippen molar-refractivity contribution in [3.8, 4) is 0 Å². The lowest BCUT2D eigenvalue weighted by Gasteiger charge is -2.29. The third-order valence-corrected chi connectivity index (χ3v) is 5.54. The Balaban J connectivity index is 1.58. The molecule has 2 aromatic rings. The molecule has 0 aliphatic carbocycles. The van der Waals surface area contributed by atoms with Crippen molar-refractivity contribution in [2.45, 2.75) is 18.5 Å². The maximum Gasteiger partial charge on any atom is 0.253 e. The molecule has 6 nitrogen and oxygen atoms in total. The Hall–Kier alpha value is -2.64. The third kappa shape index (κ3) is 2.07. The summed E-state index contributed by atoms with van der Waals surface area (Å²) < 4.78 is 13.2. The van der Waals surface area contributed by atoms with Gasteiger partial charge in [-0.05, 0) is 48.4 Å². The Kier molecular flexibility index (Phi) is 3.41. The van der Waals surface area contributed by atoms with Gasteiger partial charge in [0.2, 0.25) is 5.91 Å². The van der Waals surface area contributed by atoms with Gasteiger partial charge in [-0.15, -0.1) is 0 Å². The Labute approximate surface area is 149 Å². The van der Waals surface area contributed by atoms with Crippen molar-refractivity contribution in [3.05, 3.63) is 60.2 Å². The van der Waals surface area contributed by atoms with E-state index < -0.39 is 17.8 Å². The zero-order valence-electron chi connectivity index (χ0n) is 14.0. The van der Waals surface area contributed by atoms with Gasteiger partial charge >= 0.3 is 0 Å². The van der Waals surface area contributed by atoms with Gasteiger partial charge in [0.1, 0.15) is 11.9 Å². The number of anilines is 1. The maximum absolute atomic E-state index is 13.2. The molecule has 132 valence electrons. The first-order valence-electron chi connectivity index (χ1n) is 8.73. The molecule has 26 heavy (non-hydrogen) atoms. The zero-order chi connectivity index (χ0) is 17.8. The van der Waals surface area contributed by atoms with Crippen LogP contribution in [-0.4, -0.2) is 45.9 Å². The van der Waals surface area contributed by atoms with E-state index in [9.17, 15) is 14.0 Å². The van der Waals surface area contributed by atoms with Crippen LogP contribution < -0.4 is 4.90 Å². The first-order chi connectivity index (χ1) is 12.7. The van der Waals surface area contributed by atoms with E-state index in [-0.39, 0.29) is 17.9 Å². The molecular formula is C19H17FN4O2. The molecule has 4 heterocycles. The van der Waals surface area contributed by atoms with E-state index in [1.165, 1.54) is 29.2 Å². The Morgan fingerprint density at radius 3 is 2.23 bits per heavy atom. The molecule has 1 aromatic carbocycles. The predicted octanol–water partition coefficient (Wildman–Crippen LogP) is 1.76. The van der Waals surface area contributed by atoms with Crippen molar-refractivity contribution in [2.75, 3.05) is 18.0 Å². The minimum absolute atomic E-state index is 0.174. The number of nitrogens with zero attached hydrogens (tertiary/aromatic N) is 4. The van der Waals surface area contributed by atoms with Gasteiger partial charge in [0.25, 0.3) is 5.91 Å². The summed E-state index contributed by atoms with van der Waals surface area (Å²) in [4.78, 5) is 31.7. The SMILES string of the molecule is O=C1[C@H]2[C@@H](C(=O)N1c1ccc(F)cc1)N1CCCN1[C@H]2c1ccncc1. The molecule has 0 unspecified atom stereocenters. The van der Waals surface area contributed by atoms with Gasteiger partial charge in [-0.25, -0.2) is 19.3 Å². The van der Waals surface area contributed by atoms with Gasteiger partial charge in [0.05, 0.1) is 17.6 Å². The molecule has 0 N–H and O–H groups in total. The van der Waals surface area contributed by atoms with Crippen LogP contribution in [0.4, 0.5) is 10.1 Å². The van der Waals surface area contributed by atoms with E-state index in [0.29, 0.717) is 5.69 Å². The average Bonchev–Trinajstić information content (AvgIpc) is 3.29. The lowest BCUT2D eigenvalue weighted by Crippen LogP contribution is -2.44. The van der Waals surface area contributed by atoms with Crippen LogP contribution in [0.2, 0.25) is 0 Å². The zero-order valence-corrected chi connectivity index (χ0v) is 14.0. The Bertz CT molecular complexity index is 873. The minimum atomic E-state index is -0.492. The summed E-state index contributed by atoms with van der Waals surface area (Å²) in [5.41, 5.74) is 1.41. The number of benzene rings is 1. The number of carbonyl (C=O) groups is 2. The molecule has 7 heteroatoms. The fourth-order valence-electron chi connectivity index (χ4n) is 4.52. The van der Waals surface area contributed by atoms with Crippen molar-refractivity contribution in [2.24, 2.45) is 5.92 Å². The number of imide groups is 1. The first kappa shape index (κ1) is 15.6. The van der Waals surface area contributed by atoms with Crippen LogP contribution >= 0.6 is 0 Å². The highest BCUT2D eigenvalue weighted by Crippen LogP contribution is 2.48. The standard InChI is InChI=1S/C19H17FN4O2/c20-13-2-4-14(5-3-13)24-18(25)15-16(12-6-8-21-9-7-12)22-10-1-11-23(22)17(15)19(24)26/h2-9,15-17H,1,10-11H2/t15-,16+,17+/m1/s1. The largest absolute Gasteiger partial charge is 0.274 e. The highest BCUT2D eigenvalue weighted by molar-refractivity contribution is 6.24. The van der Waals surface area contributed by atoms with Crippen LogP contribution in [0.1, 0.15) is 18.0 Å². The van der Waals surface area contributed by atoms with Gasteiger partial charge in [-0.3, -0.25) is 14.6 Å². The fraction of sp³-hybridized carbons (Fsp3) is 0.316. The maximum atomic E-state index is 13.2. The van der Waals surface area contributed by atoms with Crippen molar-refractivity contribution in [1.29, 1.82) is 0 Å². The number of hydrazine groups is 1. The van der Waals surface area contributed by atoms with E-state index in [1.54, 1.807) is 12.4 Å². The molecule has 1 aromatic heterocycles. The van der Waals surface area contributed by atoms with Crippen molar-refractivity contribution in [1.82, 2.24) is 15.0 Å².